The third-order valence-electron chi connectivity index (χ3n) is 4.36. The maximum absolute atomic E-state index is 12.5. The van der Waals surface area contributed by atoms with Gasteiger partial charge in [0.15, 0.2) is 0 Å². The largest absolute Gasteiger partial charge is 0.416 e. The molecule has 148 valence electrons. The summed E-state index contributed by atoms with van der Waals surface area (Å²) in [5, 5.41) is 4.26. The van der Waals surface area contributed by atoms with Crippen molar-refractivity contribution in [1.29, 1.82) is 0 Å². The van der Waals surface area contributed by atoms with Crippen LogP contribution < -0.4 is 10.4 Å². The van der Waals surface area contributed by atoms with E-state index in [0.717, 1.165) is 49.4 Å². The number of aromatic nitrogens is 3. The van der Waals surface area contributed by atoms with Crippen LogP contribution in [0.2, 0.25) is 0 Å². The van der Waals surface area contributed by atoms with Crippen LogP contribution in [-0.4, -0.2) is 29.3 Å². The molecule has 7 nitrogen and oxygen atoms in total. The van der Waals surface area contributed by atoms with Gasteiger partial charge in [-0.15, -0.1) is 0 Å². The van der Waals surface area contributed by atoms with Crippen molar-refractivity contribution in [3.8, 4) is 0 Å². The van der Waals surface area contributed by atoms with Crippen LogP contribution >= 0.6 is 0 Å². The van der Waals surface area contributed by atoms with Crippen LogP contribution in [0.5, 0.6) is 0 Å². The molecule has 0 saturated heterocycles. The number of fused-ring (bicyclic) bond motifs is 1. The first-order valence-electron chi connectivity index (χ1n) is 8.52. The molecule has 0 bridgehead atoms. The Bertz CT molecular complexity index is 962. The molecule has 1 aliphatic rings. The zero-order valence-electron chi connectivity index (χ0n) is 14.4. The molecular weight excluding hydrogens is 385 g/mol. The average Bonchev–Trinajstić information content (AvgIpc) is 2.94. The van der Waals surface area contributed by atoms with Crippen LogP contribution in [0.1, 0.15) is 30.7 Å². The van der Waals surface area contributed by atoms with Crippen molar-refractivity contribution in [2.24, 2.45) is 0 Å². The molecule has 0 aliphatic carbocycles. The second-order valence-corrected chi connectivity index (χ2v) is 8.07. The van der Waals surface area contributed by atoms with E-state index >= 15 is 0 Å². The van der Waals surface area contributed by atoms with E-state index in [1.165, 1.54) is 4.68 Å². The maximum atomic E-state index is 12.5. The van der Waals surface area contributed by atoms with E-state index in [4.69, 9.17) is 0 Å². The summed E-state index contributed by atoms with van der Waals surface area (Å²) in [6.07, 6.45) is -1.51. The number of hydrogen-bond acceptors (Lipinski definition) is 4. The van der Waals surface area contributed by atoms with Gasteiger partial charge in [-0.25, -0.2) is 22.6 Å². The van der Waals surface area contributed by atoms with Gasteiger partial charge in [-0.3, -0.25) is 4.57 Å². The lowest BCUT2D eigenvalue weighted by molar-refractivity contribution is -0.137. The van der Waals surface area contributed by atoms with Crippen LogP contribution in [0.4, 0.5) is 13.2 Å². The third kappa shape index (κ3) is 4.41. The van der Waals surface area contributed by atoms with Crippen molar-refractivity contribution in [2.75, 3.05) is 6.54 Å². The molecule has 27 heavy (non-hydrogen) atoms. The maximum Gasteiger partial charge on any atom is 0.416 e. The van der Waals surface area contributed by atoms with Gasteiger partial charge in [-0.2, -0.15) is 18.3 Å². The fourth-order valence-electron chi connectivity index (χ4n) is 2.94. The number of sulfonamides is 1. The molecule has 0 spiro atoms. The van der Waals surface area contributed by atoms with Crippen LogP contribution in [0.15, 0.2) is 34.0 Å². The normalized spacial score (nSPS) is 14.9. The Hall–Kier alpha value is -2.14. The molecule has 11 heteroatoms. The molecule has 1 N–H and O–H groups in total. The summed E-state index contributed by atoms with van der Waals surface area (Å²) in [6, 6.07) is 3.28. The fourth-order valence-corrected chi connectivity index (χ4v) is 4.01. The molecule has 0 amide bonds. The molecule has 1 aromatic heterocycles. The molecule has 2 heterocycles. The van der Waals surface area contributed by atoms with Crippen molar-refractivity contribution in [2.45, 2.75) is 49.8 Å². The van der Waals surface area contributed by atoms with Crippen molar-refractivity contribution < 1.29 is 21.6 Å². The summed E-state index contributed by atoms with van der Waals surface area (Å²) < 4.78 is 67.2. The highest BCUT2D eigenvalue weighted by atomic mass is 32.2. The zero-order valence-corrected chi connectivity index (χ0v) is 15.2. The first-order chi connectivity index (χ1) is 12.7. The lowest BCUT2D eigenvalue weighted by Crippen LogP contribution is -2.29. The first-order valence-corrected chi connectivity index (χ1v) is 10.0. The van der Waals surface area contributed by atoms with E-state index in [1.807, 2.05) is 0 Å². The topological polar surface area (TPSA) is 86.0 Å². The van der Waals surface area contributed by atoms with Gasteiger partial charge in [-0.05, 0) is 43.5 Å². The molecule has 0 fully saturated rings. The van der Waals surface area contributed by atoms with Gasteiger partial charge >= 0.3 is 11.9 Å². The predicted molar refractivity (Wildman–Crippen MR) is 90.7 cm³/mol. The average molecular weight is 404 g/mol. The quantitative estimate of drug-likeness (QED) is 0.744. The third-order valence-corrected chi connectivity index (χ3v) is 5.84. The number of rotatable bonds is 6. The summed E-state index contributed by atoms with van der Waals surface area (Å²) >= 11 is 0. The van der Waals surface area contributed by atoms with Crippen LogP contribution in [0.25, 0.3) is 0 Å². The van der Waals surface area contributed by atoms with Gasteiger partial charge in [-0.1, -0.05) is 0 Å². The first kappa shape index (κ1) is 19.6. The van der Waals surface area contributed by atoms with E-state index in [1.54, 1.807) is 4.57 Å². The number of aryl methyl sites for hydroxylation is 2. The fraction of sp³-hybridized carbons (Fsp3) is 0.500. The Morgan fingerprint density at radius 3 is 2.48 bits per heavy atom. The second-order valence-electron chi connectivity index (χ2n) is 6.30. The summed E-state index contributed by atoms with van der Waals surface area (Å²) in [6.45, 7) is 0.946. The number of benzene rings is 1. The lowest BCUT2D eigenvalue weighted by Gasteiger charge is -2.09. The summed E-state index contributed by atoms with van der Waals surface area (Å²) in [5.74, 6) is 0.747. The van der Waals surface area contributed by atoms with E-state index < -0.39 is 21.8 Å². The van der Waals surface area contributed by atoms with Gasteiger partial charge in [0.2, 0.25) is 10.0 Å². The highest BCUT2D eigenvalue weighted by Crippen LogP contribution is 2.29. The van der Waals surface area contributed by atoms with E-state index in [0.29, 0.717) is 13.0 Å². The Morgan fingerprint density at radius 2 is 1.85 bits per heavy atom. The molecule has 1 aromatic carbocycles. The monoisotopic (exact) mass is 404 g/mol. The second kappa shape index (κ2) is 7.47. The zero-order chi connectivity index (χ0) is 19.7. The van der Waals surface area contributed by atoms with Gasteiger partial charge in [0.25, 0.3) is 0 Å². The molecule has 0 radical (unpaired) electrons. The summed E-state index contributed by atoms with van der Waals surface area (Å²) in [5.41, 5.74) is -1.11. The van der Waals surface area contributed by atoms with Crippen molar-refractivity contribution >= 4 is 10.0 Å². The minimum absolute atomic E-state index is 0.0397. The van der Waals surface area contributed by atoms with Gasteiger partial charge in [0.1, 0.15) is 5.82 Å². The van der Waals surface area contributed by atoms with Gasteiger partial charge in [0, 0.05) is 26.1 Å². The SMILES string of the molecule is O=c1n(CCCNS(=O)(=O)c2ccc(C(F)(F)F)cc2)nc2n1CCCC2. The number of nitrogens with one attached hydrogen (secondary N) is 1. The van der Waals surface area contributed by atoms with E-state index in [2.05, 4.69) is 9.82 Å². The van der Waals surface area contributed by atoms with Gasteiger partial charge < -0.3 is 0 Å². The van der Waals surface area contributed by atoms with Crippen LogP contribution in [0.3, 0.4) is 0 Å². The Labute approximate surface area is 153 Å². The smallest absolute Gasteiger partial charge is 0.279 e. The van der Waals surface area contributed by atoms with Crippen molar-refractivity contribution in [3.05, 3.63) is 46.1 Å². The molecular formula is C16H19F3N4O3S. The summed E-state index contributed by atoms with van der Waals surface area (Å²) in [7, 11) is -3.92. The van der Waals surface area contributed by atoms with Crippen molar-refractivity contribution in [1.82, 2.24) is 19.1 Å². The molecule has 2 aromatic rings. The van der Waals surface area contributed by atoms with E-state index in [-0.39, 0.29) is 23.7 Å². The highest BCUT2D eigenvalue weighted by molar-refractivity contribution is 7.89. The standard InChI is InChI=1S/C16H19F3N4O3S/c17-16(18,19)12-5-7-13(8-6-12)27(25,26)20-9-3-11-23-15(24)22-10-2-1-4-14(22)21-23/h5-8,20H,1-4,9-11H2. The van der Waals surface area contributed by atoms with E-state index in [9.17, 15) is 26.4 Å². The minimum Gasteiger partial charge on any atom is -0.279 e. The van der Waals surface area contributed by atoms with Gasteiger partial charge in [0.05, 0.1) is 10.5 Å². The molecule has 0 unspecified atom stereocenters. The number of nitrogens with zero attached hydrogens (tertiary/aromatic N) is 3. The molecule has 1 aliphatic heterocycles. The number of halogens is 3. The minimum atomic E-state index is -4.52. The lowest BCUT2D eigenvalue weighted by atomic mass is 10.2. The predicted octanol–water partition coefficient (Wildman–Crippen LogP) is 1.77. The molecule has 3 rings (SSSR count). The summed E-state index contributed by atoms with van der Waals surface area (Å²) in [4.78, 5) is 11.9. The number of alkyl halides is 3. The Morgan fingerprint density at radius 1 is 1.15 bits per heavy atom. The van der Waals surface area contributed by atoms with Crippen molar-refractivity contribution in [3.63, 3.8) is 0 Å². The Kier molecular flexibility index (Phi) is 5.43. The molecule has 0 atom stereocenters. The number of hydrogen-bond donors (Lipinski definition) is 1. The highest BCUT2D eigenvalue weighted by Gasteiger charge is 2.30. The van der Waals surface area contributed by atoms with Crippen LogP contribution in [-0.2, 0) is 35.7 Å². The Balaban J connectivity index is 1.57. The van der Waals surface area contributed by atoms with Crippen LogP contribution in [0, 0.1) is 0 Å². The molecule has 0 saturated carbocycles.